The Morgan fingerprint density at radius 2 is 1.90 bits per heavy atom. The number of allylic oxidation sites excluding steroid dienone is 1. The van der Waals surface area contributed by atoms with Crippen molar-refractivity contribution in [1.82, 2.24) is 4.90 Å². The van der Waals surface area contributed by atoms with Crippen LogP contribution in [0.1, 0.15) is 53.7 Å². The molecular weight excluding hydrogens is 376 g/mol. The molecule has 0 spiro atoms. The van der Waals surface area contributed by atoms with Crippen molar-refractivity contribution in [2.45, 2.75) is 46.2 Å². The second-order valence-corrected chi connectivity index (χ2v) is 8.33. The smallest absolute Gasteiger partial charge is 0.232 e. The SMILES string of the molecule is CCN(CC)c1ccc(/C=C2\Oc3c4c(cc(C)c3C2=O)OCN(C2CC2)C4)cc1. The van der Waals surface area contributed by atoms with Crippen molar-refractivity contribution in [2.75, 3.05) is 24.7 Å². The number of aryl methyl sites for hydroxylation is 1. The second kappa shape index (κ2) is 7.47. The maximum absolute atomic E-state index is 13.1. The van der Waals surface area contributed by atoms with Gasteiger partial charge in [-0.15, -0.1) is 0 Å². The first kappa shape index (κ1) is 19.2. The molecule has 0 atom stereocenters. The number of ketones is 1. The van der Waals surface area contributed by atoms with E-state index < -0.39 is 0 Å². The summed E-state index contributed by atoms with van der Waals surface area (Å²) in [4.78, 5) is 17.8. The van der Waals surface area contributed by atoms with Crippen molar-refractivity contribution < 1.29 is 14.3 Å². The Morgan fingerprint density at radius 1 is 1.17 bits per heavy atom. The van der Waals surface area contributed by atoms with Crippen molar-refractivity contribution in [3.05, 3.63) is 58.3 Å². The van der Waals surface area contributed by atoms with E-state index in [1.807, 2.05) is 31.2 Å². The average molecular weight is 405 g/mol. The number of benzene rings is 2. The zero-order chi connectivity index (χ0) is 20.8. The van der Waals surface area contributed by atoms with Crippen molar-refractivity contribution in [2.24, 2.45) is 0 Å². The van der Waals surface area contributed by atoms with Crippen LogP contribution >= 0.6 is 0 Å². The lowest BCUT2D eigenvalue weighted by Gasteiger charge is -2.30. The van der Waals surface area contributed by atoms with E-state index >= 15 is 0 Å². The molecule has 0 saturated heterocycles. The number of hydrogen-bond acceptors (Lipinski definition) is 5. The molecule has 0 radical (unpaired) electrons. The van der Waals surface area contributed by atoms with Crippen molar-refractivity contribution >= 4 is 17.5 Å². The number of ether oxygens (including phenoxy) is 2. The number of carbonyl (C=O) groups is 1. The van der Waals surface area contributed by atoms with E-state index in [1.54, 1.807) is 0 Å². The molecule has 5 nitrogen and oxygen atoms in total. The van der Waals surface area contributed by atoms with E-state index in [-0.39, 0.29) is 5.78 Å². The number of nitrogens with zero attached hydrogens (tertiary/aromatic N) is 2. The van der Waals surface area contributed by atoms with Crippen LogP contribution in [0.3, 0.4) is 0 Å². The van der Waals surface area contributed by atoms with Crippen LogP contribution in [-0.2, 0) is 6.54 Å². The molecule has 0 amide bonds. The fraction of sp³-hybridized carbons (Fsp3) is 0.400. The van der Waals surface area contributed by atoms with Crippen LogP contribution in [0.2, 0.25) is 0 Å². The molecule has 0 aromatic heterocycles. The number of Topliss-reactive ketones (excluding diaryl/α,β-unsaturated/α-hetero) is 1. The highest BCUT2D eigenvalue weighted by Crippen LogP contribution is 2.45. The standard InChI is InChI=1S/C25H28N2O3/c1-4-26(5-2)18-8-6-17(7-9-18)13-22-24(28)23-16(3)12-21-20(25(23)30-22)14-27(15-29-21)19-10-11-19/h6-9,12-13,19H,4-5,10-11,14-15H2,1-3H3/b22-13-. The normalized spacial score (nSPS) is 19.3. The molecule has 1 saturated carbocycles. The van der Waals surface area contributed by atoms with Crippen molar-refractivity contribution in [3.63, 3.8) is 0 Å². The zero-order valence-electron chi connectivity index (χ0n) is 17.9. The zero-order valence-corrected chi connectivity index (χ0v) is 17.9. The second-order valence-electron chi connectivity index (χ2n) is 8.33. The van der Waals surface area contributed by atoms with Gasteiger partial charge in [0.15, 0.2) is 5.76 Å². The summed E-state index contributed by atoms with van der Waals surface area (Å²) in [5.41, 5.74) is 4.74. The highest BCUT2D eigenvalue weighted by atomic mass is 16.5. The predicted molar refractivity (Wildman–Crippen MR) is 118 cm³/mol. The Labute approximate surface area is 177 Å². The largest absolute Gasteiger partial charge is 0.478 e. The Morgan fingerprint density at radius 3 is 2.57 bits per heavy atom. The van der Waals surface area contributed by atoms with Gasteiger partial charge in [-0.25, -0.2) is 0 Å². The van der Waals surface area contributed by atoms with E-state index in [2.05, 4.69) is 35.8 Å². The summed E-state index contributed by atoms with van der Waals surface area (Å²) in [6.07, 6.45) is 4.30. The van der Waals surface area contributed by atoms with Gasteiger partial charge in [0, 0.05) is 31.4 Å². The molecule has 2 aromatic rings. The molecule has 2 aromatic carbocycles. The average Bonchev–Trinajstić information content (AvgIpc) is 3.55. The van der Waals surface area contributed by atoms with Gasteiger partial charge in [-0.2, -0.15) is 0 Å². The number of anilines is 1. The maximum Gasteiger partial charge on any atom is 0.232 e. The minimum atomic E-state index is -0.0401. The third-order valence-electron chi connectivity index (χ3n) is 6.33. The van der Waals surface area contributed by atoms with E-state index in [9.17, 15) is 4.79 Å². The van der Waals surface area contributed by atoms with E-state index in [1.165, 1.54) is 18.5 Å². The first-order valence-corrected chi connectivity index (χ1v) is 10.9. The van der Waals surface area contributed by atoms with Gasteiger partial charge >= 0.3 is 0 Å². The molecule has 2 aliphatic heterocycles. The monoisotopic (exact) mass is 404 g/mol. The fourth-order valence-corrected chi connectivity index (χ4v) is 4.44. The molecule has 1 aliphatic carbocycles. The highest BCUT2D eigenvalue weighted by molar-refractivity contribution is 6.15. The Bertz CT molecular complexity index is 1020. The van der Waals surface area contributed by atoms with Gasteiger partial charge in [-0.05, 0) is 69.0 Å². The van der Waals surface area contributed by atoms with Crippen LogP contribution in [0.5, 0.6) is 11.5 Å². The summed E-state index contributed by atoms with van der Waals surface area (Å²) < 4.78 is 12.2. The minimum Gasteiger partial charge on any atom is -0.478 e. The highest BCUT2D eigenvalue weighted by Gasteiger charge is 2.38. The first-order chi connectivity index (χ1) is 14.6. The lowest BCUT2D eigenvalue weighted by atomic mass is 9.98. The van der Waals surface area contributed by atoms with Crippen LogP contribution in [0, 0.1) is 6.92 Å². The molecule has 30 heavy (non-hydrogen) atoms. The molecule has 3 aliphatic rings. The van der Waals surface area contributed by atoms with Crippen LogP contribution in [0.25, 0.3) is 6.08 Å². The van der Waals surface area contributed by atoms with Gasteiger partial charge in [0.05, 0.1) is 11.1 Å². The number of carbonyl (C=O) groups excluding carboxylic acids is 1. The van der Waals surface area contributed by atoms with Gasteiger partial charge in [0.2, 0.25) is 5.78 Å². The molecule has 0 bridgehead atoms. The number of fused-ring (bicyclic) bond motifs is 3. The lowest BCUT2D eigenvalue weighted by molar-refractivity contribution is 0.0867. The quantitative estimate of drug-likeness (QED) is 0.672. The molecule has 1 fully saturated rings. The predicted octanol–water partition coefficient (Wildman–Crippen LogP) is 4.77. The lowest BCUT2D eigenvalue weighted by Crippen LogP contribution is -2.34. The summed E-state index contributed by atoms with van der Waals surface area (Å²) in [7, 11) is 0. The number of rotatable bonds is 5. The molecular formula is C25H28N2O3. The molecule has 5 heteroatoms. The Kier molecular flexibility index (Phi) is 4.78. The van der Waals surface area contributed by atoms with Crippen LogP contribution in [0.15, 0.2) is 36.1 Å². The summed E-state index contributed by atoms with van der Waals surface area (Å²) in [5, 5.41) is 0. The van der Waals surface area contributed by atoms with Gasteiger partial charge in [0.25, 0.3) is 0 Å². The summed E-state index contributed by atoms with van der Waals surface area (Å²) >= 11 is 0. The van der Waals surface area contributed by atoms with Gasteiger partial charge in [0.1, 0.15) is 18.2 Å². The van der Waals surface area contributed by atoms with Gasteiger partial charge < -0.3 is 14.4 Å². The van der Waals surface area contributed by atoms with E-state index in [0.29, 0.717) is 29.8 Å². The topological polar surface area (TPSA) is 42.0 Å². The Hall–Kier alpha value is -2.79. The molecule has 2 heterocycles. The van der Waals surface area contributed by atoms with Gasteiger partial charge in [-0.1, -0.05) is 12.1 Å². The molecule has 156 valence electrons. The third kappa shape index (κ3) is 3.27. The Balaban J connectivity index is 1.45. The molecule has 0 unspecified atom stereocenters. The summed E-state index contributed by atoms with van der Waals surface area (Å²) in [6.45, 7) is 9.60. The van der Waals surface area contributed by atoms with Crippen LogP contribution < -0.4 is 14.4 Å². The van der Waals surface area contributed by atoms with Gasteiger partial charge in [-0.3, -0.25) is 9.69 Å². The summed E-state index contributed by atoms with van der Waals surface area (Å²) in [6, 6.07) is 10.9. The van der Waals surface area contributed by atoms with Crippen LogP contribution in [-0.4, -0.2) is 36.5 Å². The van der Waals surface area contributed by atoms with Crippen LogP contribution in [0.4, 0.5) is 5.69 Å². The van der Waals surface area contributed by atoms with Crippen molar-refractivity contribution in [1.29, 1.82) is 0 Å². The van der Waals surface area contributed by atoms with E-state index in [0.717, 1.165) is 42.1 Å². The fourth-order valence-electron chi connectivity index (χ4n) is 4.44. The molecule has 5 rings (SSSR count). The third-order valence-corrected chi connectivity index (χ3v) is 6.33. The molecule has 0 N–H and O–H groups in total. The number of hydrogen-bond donors (Lipinski definition) is 0. The first-order valence-electron chi connectivity index (χ1n) is 10.9. The minimum absolute atomic E-state index is 0.0401. The maximum atomic E-state index is 13.1. The van der Waals surface area contributed by atoms with Crippen molar-refractivity contribution in [3.8, 4) is 11.5 Å². The summed E-state index contributed by atoms with van der Waals surface area (Å²) in [5.74, 6) is 1.88. The van der Waals surface area contributed by atoms with E-state index in [4.69, 9.17) is 9.47 Å².